The number of rotatable bonds is 3. The van der Waals surface area contributed by atoms with E-state index in [1.54, 1.807) is 6.20 Å². The maximum Gasteiger partial charge on any atom is 0.227 e. The summed E-state index contributed by atoms with van der Waals surface area (Å²) in [6.07, 6.45) is 3.22. The zero-order valence-electron chi connectivity index (χ0n) is 15.5. The third kappa shape index (κ3) is 4.15. The van der Waals surface area contributed by atoms with Gasteiger partial charge in [-0.05, 0) is 12.1 Å². The highest BCUT2D eigenvalue weighted by atomic mass is 35.5. The number of benzene rings is 1. The molecule has 138 valence electrons. The van der Waals surface area contributed by atoms with Gasteiger partial charge in [0, 0.05) is 53.5 Å². The van der Waals surface area contributed by atoms with Gasteiger partial charge in [-0.25, -0.2) is 0 Å². The van der Waals surface area contributed by atoms with Gasteiger partial charge >= 0.3 is 0 Å². The second-order valence-corrected chi connectivity index (χ2v) is 7.98. The lowest BCUT2D eigenvalue weighted by atomic mass is 9.93. The first kappa shape index (κ1) is 18.6. The first-order valence-electron chi connectivity index (χ1n) is 8.85. The number of carbonyl (C=O) groups excluding carboxylic acids is 1. The summed E-state index contributed by atoms with van der Waals surface area (Å²) in [5.74, 6) is 0.186. The molecule has 5 nitrogen and oxygen atoms in total. The van der Waals surface area contributed by atoms with Crippen molar-refractivity contribution in [2.24, 2.45) is 10.6 Å². The molecule has 0 aliphatic carbocycles. The molecule has 0 saturated carbocycles. The minimum Gasteiger partial charge on any atom is -0.391 e. The summed E-state index contributed by atoms with van der Waals surface area (Å²) < 4.78 is 0. The third-order valence-corrected chi connectivity index (χ3v) is 4.85. The zero-order valence-corrected chi connectivity index (χ0v) is 16.2. The minimum absolute atomic E-state index is 0.186. The molecule has 1 aromatic carbocycles. The average Bonchev–Trinajstić information content (AvgIpc) is 2.63. The van der Waals surface area contributed by atoms with E-state index >= 15 is 0 Å². The number of nitrogens with zero attached hydrogens (tertiary/aromatic N) is 3. The van der Waals surface area contributed by atoms with Crippen LogP contribution in [0, 0.1) is 5.41 Å². The Bertz CT molecular complexity index is 833. The zero-order chi connectivity index (χ0) is 18.7. The molecule has 0 atom stereocenters. The smallest absolute Gasteiger partial charge is 0.227 e. The van der Waals surface area contributed by atoms with Gasteiger partial charge in [0.1, 0.15) is 6.61 Å². The van der Waals surface area contributed by atoms with Crippen LogP contribution in [0.15, 0.2) is 35.6 Å². The second kappa shape index (κ2) is 7.62. The Morgan fingerprint density at radius 1 is 1.27 bits per heavy atom. The average molecular weight is 374 g/mol. The number of aromatic nitrogens is 1. The molecule has 2 heterocycles. The number of likely N-dealkylation sites (tertiary alicyclic amines) is 1. The van der Waals surface area contributed by atoms with E-state index in [0.29, 0.717) is 18.1 Å². The van der Waals surface area contributed by atoms with E-state index in [1.807, 2.05) is 49.9 Å². The van der Waals surface area contributed by atoms with Crippen molar-refractivity contribution >= 4 is 34.1 Å². The maximum absolute atomic E-state index is 12.3. The standard InChI is InChI=1S/C20H24ClN3O2/c1-20(2,3)19(25)24-11-8-15(9-12-24)23-26-13-16-17(21)7-6-14-5-4-10-22-18(14)16/h4-7,10H,8-9,11-13H2,1-3H3. The Hall–Kier alpha value is -2.14. The van der Waals surface area contributed by atoms with Crippen molar-refractivity contribution in [3.63, 3.8) is 0 Å². The van der Waals surface area contributed by atoms with E-state index in [2.05, 4.69) is 10.1 Å². The fraction of sp³-hybridized carbons (Fsp3) is 0.450. The van der Waals surface area contributed by atoms with Crippen molar-refractivity contribution in [2.75, 3.05) is 13.1 Å². The molecule has 26 heavy (non-hydrogen) atoms. The van der Waals surface area contributed by atoms with Crippen LogP contribution in [0.2, 0.25) is 5.02 Å². The van der Waals surface area contributed by atoms with Gasteiger partial charge in [-0.1, -0.05) is 49.7 Å². The molecule has 3 rings (SSSR count). The fourth-order valence-corrected chi connectivity index (χ4v) is 3.25. The minimum atomic E-state index is -0.344. The van der Waals surface area contributed by atoms with E-state index in [9.17, 15) is 4.79 Å². The highest BCUT2D eigenvalue weighted by Crippen LogP contribution is 2.25. The number of amides is 1. The molecule has 1 amide bonds. The van der Waals surface area contributed by atoms with Crippen LogP contribution < -0.4 is 0 Å². The van der Waals surface area contributed by atoms with Gasteiger partial charge in [-0.3, -0.25) is 9.78 Å². The molecule has 6 heteroatoms. The maximum atomic E-state index is 12.3. The fourth-order valence-electron chi connectivity index (χ4n) is 3.04. The number of halogens is 1. The number of carbonyl (C=O) groups is 1. The van der Waals surface area contributed by atoms with Crippen molar-refractivity contribution in [3.05, 3.63) is 41.0 Å². The molecule has 0 spiro atoms. The molecule has 0 radical (unpaired) electrons. The number of oxime groups is 1. The number of hydrogen-bond acceptors (Lipinski definition) is 4. The summed E-state index contributed by atoms with van der Waals surface area (Å²) in [5, 5.41) is 5.93. The van der Waals surface area contributed by atoms with Gasteiger partial charge in [0.2, 0.25) is 5.91 Å². The van der Waals surface area contributed by atoms with Gasteiger partial charge in [-0.2, -0.15) is 0 Å². The highest BCUT2D eigenvalue weighted by molar-refractivity contribution is 6.32. The van der Waals surface area contributed by atoms with Gasteiger partial charge in [0.25, 0.3) is 0 Å². The van der Waals surface area contributed by atoms with E-state index in [-0.39, 0.29) is 17.9 Å². The Labute approximate surface area is 159 Å². The lowest BCUT2D eigenvalue weighted by Crippen LogP contribution is -2.44. The van der Waals surface area contributed by atoms with Gasteiger partial charge in [0.15, 0.2) is 0 Å². The van der Waals surface area contributed by atoms with Crippen molar-refractivity contribution in [1.82, 2.24) is 9.88 Å². The highest BCUT2D eigenvalue weighted by Gasteiger charge is 2.29. The van der Waals surface area contributed by atoms with Gasteiger partial charge in [-0.15, -0.1) is 0 Å². The summed E-state index contributed by atoms with van der Waals surface area (Å²) in [6.45, 7) is 7.50. The summed E-state index contributed by atoms with van der Waals surface area (Å²) >= 11 is 6.31. The van der Waals surface area contributed by atoms with Crippen molar-refractivity contribution in [2.45, 2.75) is 40.2 Å². The van der Waals surface area contributed by atoms with Crippen LogP contribution in [0.5, 0.6) is 0 Å². The first-order chi connectivity index (χ1) is 12.4. The summed E-state index contributed by atoms with van der Waals surface area (Å²) in [6, 6.07) is 7.69. The molecule has 0 unspecified atom stereocenters. The molecule has 1 aliphatic heterocycles. The number of piperidine rings is 1. The quantitative estimate of drug-likeness (QED) is 0.748. The van der Waals surface area contributed by atoms with Crippen LogP contribution >= 0.6 is 11.6 Å². The van der Waals surface area contributed by atoms with E-state index in [4.69, 9.17) is 16.4 Å². The summed E-state index contributed by atoms with van der Waals surface area (Å²) in [4.78, 5) is 24.2. The molecule has 0 bridgehead atoms. The molecule has 1 saturated heterocycles. The topological polar surface area (TPSA) is 54.8 Å². The Morgan fingerprint density at radius 2 is 2.00 bits per heavy atom. The van der Waals surface area contributed by atoms with Crippen molar-refractivity contribution in [3.8, 4) is 0 Å². The van der Waals surface area contributed by atoms with Gasteiger partial charge in [0.05, 0.1) is 11.2 Å². The molecular formula is C20H24ClN3O2. The van der Waals surface area contributed by atoms with Crippen LogP contribution in [0.1, 0.15) is 39.2 Å². The second-order valence-electron chi connectivity index (χ2n) is 7.57. The predicted octanol–water partition coefficient (Wildman–Crippen LogP) is 4.43. The number of pyridine rings is 1. The summed E-state index contributed by atoms with van der Waals surface area (Å²) in [5.41, 5.74) is 2.32. The van der Waals surface area contributed by atoms with Crippen LogP contribution in [0.25, 0.3) is 10.9 Å². The Morgan fingerprint density at radius 3 is 2.69 bits per heavy atom. The van der Waals surface area contributed by atoms with Gasteiger partial charge < -0.3 is 9.74 Å². The molecule has 1 aliphatic rings. The molecule has 0 N–H and O–H groups in total. The number of hydrogen-bond donors (Lipinski definition) is 0. The van der Waals surface area contributed by atoms with Crippen molar-refractivity contribution < 1.29 is 9.63 Å². The van der Waals surface area contributed by atoms with E-state index in [1.165, 1.54) is 0 Å². The van der Waals surface area contributed by atoms with Crippen LogP contribution in [-0.4, -0.2) is 34.6 Å². The third-order valence-electron chi connectivity index (χ3n) is 4.49. The summed E-state index contributed by atoms with van der Waals surface area (Å²) in [7, 11) is 0. The van der Waals surface area contributed by atoms with E-state index < -0.39 is 0 Å². The van der Waals surface area contributed by atoms with Crippen LogP contribution in [0.3, 0.4) is 0 Å². The molecule has 2 aromatic rings. The predicted molar refractivity (Wildman–Crippen MR) is 104 cm³/mol. The van der Waals surface area contributed by atoms with E-state index in [0.717, 1.165) is 35.0 Å². The van der Waals surface area contributed by atoms with Crippen molar-refractivity contribution in [1.29, 1.82) is 0 Å². The molecule has 1 fully saturated rings. The Kier molecular flexibility index (Phi) is 5.47. The molecule has 1 aromatic heterocycles. The number of fused-ring (bicyclic) bond motifs is 1. The normalized spacial score (nSPS) is 15.2. The lowest BCUT2D eigenvalue weighted by molar-refractivity contribution is -0.139. The first-order valence-corrected chi connectivity index (χ1v) is 9.23. The Balaban J connectivity index is 1.61. The van der Waals surface area contributed by atoms with Crippen LogP contribution in [-0.2, 0) is 16.2 Å². The monoisotopic (exact) mass is 373 g/mol. The SMILES string of the molecule is CC(C)(C)C(=O)N1CCC(=NOCc2c(Cl)ccc3cccnc23)CC1. The largest absolute Gasteiger partial charge is 0.391 e. The van der Waals surface area contributed by atoms with Crippen LogP contribution in [0.4, 0.5) is 0 Å². The lowest BCUT2D eigenvalue weighted by Gasteiger charge is -2.32. The molecular weight excluding hydrogens is 350 g/mol.